The van der Waals surface area contributed by atoms with Gasteiger partial charge in [0.2, 0.25) is 0 Å². The van der Waals surface area contributed by atoms with E-state index < -0.39 is 42.1 Å². The molecule has 0 saturated carbocycles. The van der Waals surface area contributed by atoms with Crippen molar-refractivity contribution in [3.8, 4) is 11.5 Å². The molecule has 2 heterocycles. The predicted molar refractivity (Wildman–Crippen MR) is 161 cm³/mol. The van der Waals surface area contributed by atoms with Gasteiger partial charge in [-0.05, 0) is 57.0 Å². The first-order valence-corrected chi connectivity index (χ1v) is 14.3. The highest BCUT2D eigenvalue weighted by Gasteiger charge is 2.45. The Kier molecular flexibility index (Phi) is 10.8. The Morgan fingerprint density at radius 3 is 2.58 bits per heavy atom. The highest BCUT2D eigenvalue weighted by Crippen LogP contribution is 2.36. The van der Waals surface area contributed by atoms with E-state index in [1.54, 1.807) is 61.5 Å². The van der Waals surface area contributed by atoms with Crippen molar-refractivity contribution in [3.63, 3.8) is 0 Å². The Bertz CT molecular complexity index is 1330. The Morgan fingerprint density at radius 1 is 1.09 bits per heavy atom. The first-order chi connectivity index (χ1) is 20.6. The van der Waals surface area contributed by atoms with E-state index in [1.165, 1.54) is 7.11 Å². The summed E-state index contributed by atoms with van der Waals surface area (Å²) < 4.78 is 41.2. The van der Waals surface area contributed by atoms with Gasteiger partial charge in [0, 0.05) is 19.1 Å². The molecule has 0 N–H and O–H groups in total. The number of rotatable bonds is 8. The monoisotopic (exact) mass is 592 g/mol. The Hall–Kier alpha value is -3.92. The van der Waals surface area contributed by atoms with Crippen molar-refractivity contribution in [2.45, 2.75) is 64.3 Å². The second-order valence-corrected chi connectivity index (χ2v) is 10.9. The molecule has 0 aliphatic carbocycles. The van der Waals surface area contributed by atoms with Gasteiger partial charge in [-0.25, -0.2) is 9.59 Å². The topological polar surface area (TPSA) is 98.8 Å². The van der Waals surface area contributed by atoms with Gasteiger partial charge >= 0.3 is 11.9 Å². The fourth-order valence-electron chi connectivity index (χ4n) is 4.85. The number of carbonyl (C=O) groups excluding carboxylic acids is 2. The predicted octanol–water partition coefficient (Wildman–Crippen LogP) is 6.13. The molecule has 2 aromatic carbocycles. The number of carbonyl (C=O) groups is 2. The first-order valence-electron chi connectivity index (χ1n) is 14.3. The lowest BCUT2D eigenvalue weighted by Crippen LogP contribution is -2.37. The highest BCUT2D eigenvalue weighted by molar-refractivity contribution is 5.97. The summed E-state index contributed by atoms with van der Waals surface area (Å²) in [5, 5.41) is 0. The molecule has 1 saturated heterocycles. The molecule has 2 aromatic rings. The molecular formula is C34H40O9. The molecule has 0 aromatic heterocycles. The summed E-state index contributed by atoms with van der Waals surface area (Å²) in [6.45, 7) is 11.3. The average Bonchev–Trinajstić information content (AvgIpc) is 3.30. The van der Waals surface area contributed by atoms with Gasteiger partial charge in [0.15, 0.2) is 12.6 Å². The van der Waals surface area contributed by atoms with Gasteiger partial charge in [-0.2, -0.15) is 0 Å². The lowest BCUT2D eigenvalue weighted by molar-refractivity contribution is -0.152. The summed E-state index contributed by atoms with van der Waals surface area (Å²) in [5.74, 6) is -1.43. The van der Waals surface area contributed by atoms with E-state index in [4.69, 9.17) is 33.2 Å². The van der Waals surface area contributed by atoms with Crippen LogP contribution in [0, 0.1) is 5.92 Å². The smallest absolute Gasteiger partial charge is 0.342 e. The van der Waals surface area contributed by atoms with Gasteiger partial charge in [0.05, 0.1) is 11.7 Å². The molecule has 1 fully saturated rings. The van der Waals surface area contributed by atoms with Gasteiger partial charge in [-0.1, -0.05) is 56.0 Å². The minimum Gasteiger partial charge on any atom is -0.489 e. The van der Waals surface area contributed by atoms with Crippen LogP contribution in [-0.2, 0) is 23.7 Å². The van der Waals surface area contributed by atoms with Crippen molar-refractivity contribution in [3.05, 3.63) is 90.0 Å². The van der Waals surface area contributed by atoms with Crippen LogP contribution in [0.3, 0.4) is 0 Å². The van der Waals surface area contributed by atoms with Crippen LogP contribution < -0.4 is 9.47 Å². The largest absolute Gasteiger partial charge is 0.489 e. The maximum atomic E-state index is 13.6. The van der Waals surface area contributed by atoms with Gasteiger partial charge in [-0.15, -0.1) is 0 Å². The molecule has 0 amide bonds. The third-order valence-electron chi connectivity index (χ3n) is 7.11. The molecule has 0 spiro atoms. The quantitative estimate of drug-likeness (QED) is 0.204. The second-order valence-electron chi connectivity index (χ2n) is 10.9. The van der Waals surface area contributed by atoms with Gasteiger partial charge in [-0.3, -0.25) is 0 Å². The van der Waals surface area contributed by atoms with Crippen LogP contribution in [0.25, 0.3) is 6.08 Å². The molecule has 0 bridgehead atoms. The summed E-state index contributed by atoms with van der Waals surface area (Å²) in [6.07, 6.45) is 7.00. The highest BCUT2D eigenvalue weighted by atomic mass is 16.8. The van der Waals surface area contributed by atoms with Crippen LogP contribution in [0.2, 0.25) is 0 Å². The minimum atomic E-state index is -0.912. The average molecular weight is 593 g/mol. The summed E-state index contributed by atoms with van der Waals surface area (Å²) in [6, 6.07) is 12.2. The molecular weight excluding hydrogens is 552 g/mol. The van der Waals surface area contributed by atoms with Crippen LogP contribution in [-0.4, -0.2) is 62.7 Å². The standard InChI is InChI=1S/C34H40O9/c1-7-18-38-26-19-25-14-11-15-28-31(43-34(4,5)42-28)27(41-32(35)24-12-9-8-10-13-24)17-16-22(2)23(3)40-33(36)30(25)29(20-26)39-21-37-6/h7-14,16-17,19-20,22-23,27-28,31H,1,15,18,21H2,2-6H3/b14-11?,17-16-/t22-,23+,27?,28+,31-/m1/s1. The number of hydrogen-bond acceptors (Lipinski definition) is 9. The van der Waals surface area contributed by atoms with E-state index >= 15 is 0 Å². The molecule has 1 unspecified atom stereocenters. The fourth-order valence-corrected chi connectivity index (χ4v) is 4.85. The van der Waals surface area contributed by atoms with Crippen molar-refractivity contribution in [1.29, 1.82) is 0 Å². The van der Waals surface area contributed by atoms with Crippen LogP contribution in [0.5, 0.6) is 11.5 Å². The first kappa shape index (κ1) is 32.0. The van der Waals surface area contributed by atoms with Crippen molar-refractivity contribution in [2.24, 2.45) is 5.92 Å². The van der Waals surface area contributed by atoms with E-state index in [2.05, 4.69) is 6.58 Å². The number of benzene rings is 2. The third-order valence-corrected chi connectivity index (χ3v) is 7.11. The normalized spacial score (nSPS) is 25.8. The Labute approximate surface area is 253 Å². The van der Waals surface area contributed by atoms with Crippen molar-refractivity contribution in [1.82, 2.24) is 0 Å². The molecule has 5 atom stereocenters. The Morgan fingerprint density at radius 2 is 1.86 bits per heavy atom. The molecule has 9 heteroatoms. The lowest BCUT2D eigenvalue weighted by atomic mass is 9.98. The number of ether oxygens (including phenoxy) is 7. The summed E-state index contributed by atoms with van der Waals surface area (Å²) in [5.41, 5.74) is 1.21. The van der Waals surface area contributed by atoms with Crippen molar-refractivity contribution in [2.75, 3.05) is 20.5 Å². The zero-order valence-electron chi connectivity index (χ0n) is 25.3. The van der Waals surface area contributed by atoms with E-state index in [-0.39, 0.29) is 30.6 Å². The minimum absolute atomic E-state index is 0.0733. The fraction of sp³-hybridized carbons (Fsp3) is 0.412. The second kappa shape index (κ2) is 14.5. The molecule has 0 radical (unpaired) electrons. The number of esters is 2. The van der Waals surface area contributed by atoms with Gasteiger partial charge < -0.3 is 33.2 Å². The summed E-state index contributed by atoms with van der Waals surface area (Å²) in [7, 11) is 1.50. The number of methoxy groups -OCH3 is 1. The number of cyclic esters (lactones) is 1. The SMILES string of the molecule is C=CCOc1cc2c(c(OCOC)c1)C(=O)O[C@@H](C)[C@H](C)/C=C\C(OC(=O)c1ccccc1)[C@H]1OC(C)(C)O[C@H]1CC=C2. The van der Waals surface area contributed by atoms with Crippen LogP contribution >= 0.6 is 0 Å². The zero-order valence-corrected chi connectivity index (χ0v) is 25.3. The maximum absolute atomic E-state index is 13.6. The van der Waals surface area contributed by atoms with Gasteiger partial charge in [0.1, 0.15) is 42.0 Å². The zero-order chi connectivity index (χ0) is 31.0. The van der Waals surface area contributed by atoms with E-state index in [0.29, 0.717) is 23.3 Å². The van der Waals surface area contributed by atoms with Gasteiger partial charge in [0.25, 0.3) is 0 Å². The molecule has 4 rings (SSSR count). The van der Waals surface area contributed by atoms with Crippen LogP contribution in [0.1, 0.15) is 60.4 Å². The molecule has 2 aliphatic heterocycles. The van der Waals surface area contributed by atoms with E-state index in [0.717, 1.165) is 0 Å². The van der Waals surface area contributed by atoms with E-state index in [1.807, 2.05) is 39.0 Å². The molecule has 230 valence electrons. The summed E-state index contributed by atoms with van der Waals surface area (Å²) in [4.78, 5) is 26.7. The lowest BCUT2D eigenvalue weighted by Gasteiger charge is -2.25. The van der Waals surface area contributed by atoms with Crippen molar-refractivity contribution < 1.29 is 42.7 Å². The van der Waals surface area contributed by atoms with Crippen LogP contribution in [0.15, 0.2) is 73.3 Å². The molecule has 9 nitrogen and oxygen atoms in total. The third kappa shape index (κ3) is 8.34. The van der Waals surface area contributed by atoms with Crippen LogP contribution in [0.4, 0.5) is 0 Å². The van der Waals surface area contributed by atoms with Crippen molar-refractivity contribution >= 4 is 18.0 Å². The number of hydrogen-bond donors (Lipinski definition) is 0. The molecule has 2 aliphatic rings. The van der Waals surface area contributed by atoms with E-state index in [9.17, 15) is 9.59 Å². The number of fused-ring (bicyclic) bond motifs is 2. The summed E-state index contributed by atoms with van der Waals surface area (Å²) >= 11 is 0. The molecule has 43 heavy (non-hydrogen) atoms. The Balaban J connectivity index is 1.75. The maximum Gasteiger partial charge on any atom is 0.342 e.